The Kier molecular flexibility index (Phi) is 4.71. The predicted octanol–water partition coefficient (Wildman–Crippen LogP) is 3.43. The molecule has 0 bridgehead atoms. The van der Waals surface area contributed by atoms with E-state index in [9.17, 15) is 4.79 Å². The fourth-order valence-electron chi connectivity index (χ4n) is 1.78. The maximum Gasteiger partial charge on any atom is 0.260 e. The summed E-state index contributed by atoms with van der Waals surface area (Å²) in [5.74, 6) is 0.926. The fourth-order valence-corrected chi connectivity index (χ4v) is 1.78. The quantitative estimate of drug-likeness (QED) is 0.905. The third kappa shape index (κ3) is 3.57. The summed E-state index contributed by atoms with van der Waals surface area (Å²) >= 11 is 0. The van der Waals surface area contributed by atoms with Crippen LogP contribution in [0.3, 0.4) is 0 Å². The first-order chi connectivity index (χ1) is 9.70. The van der Waals surface area contributed by atoms with E-state index in [2.05, 4.69) is 10.3 Å². The number of hydrogen-bond donors (Lipinski definition) is 1. The third-order valence-corrected chi connectivity index (χ3v) is 2.75. The van der Waals surface area contributed by atoms with E-state index in [0.717, 1.165) is 12.0 Å². The van der Waals surface area contributed by atoms with Gasteiger partial charge in [0.15, 0.2) is 0 Å². The van der Waals surface area contributed by atoms with Crippen molar-refractivity contribution in [1.82, 2.24) is 4.98 Å². The Hall–Kier alpha value is -2.36. The van der Waals surface area contributed by atoms with Crippen molar-refractivity contribution in [2.75, 3.05) is 11.9 Å². The van der Waals surface area contributed by atoms with Gasteiger partial charge in [0.05, 0.1) is 12.2 Å². The molecule has 0 unspecified atom stereocenters. The first-order valence-corrected chi connectivity index (χ1v) is 6.66. The second kappa shape index (κ2) is 6.70. The van der Waals surface area contributed by atoms with Crippen molar-refractivity contribution < 1.29 is 9.53 Å². The summed E-state index contributed by atoms with van der Waals surface area (Å²) < 4.78 is 5.59. The normalized spacial score (nSPS) is 10.1. The molecule has 0 atom stereocenters. The monoisotopic (exact) mass is 270 g/mol. The molecule has 2 rings (SSSR count). The highest BCUT2D eigenvalue weighted by atomic mass is 16.5. The van der Waals surface area contributed by atoms with Gasteiger partial charge in [-0.3, -0.25) is 4.79 Å². The van der Waals surface area contributed by atoms with E-state index in [1.165, 1.54) is 0 Å². The lowest BCUT2D eigenvalue weighted by molar-refractivity contribution is 0.102. The van der Waals surface area contributed by atoms with Gasteiger partial charge in [-0.25, -0.2) is 4.98 Å². The molecule has 4 heteroatoms. The number of aryl methyl sites for hydroxylation is 1. The largest absolute Gasteiger partial charge is 0.493 e. The zero-order valence-electron chi connectivity index (χ0n) is 11.7. The minimum atomic E-state index is -0.213. The number of rotatable bonds is 5. The molecule has 1 N–H and O–H groups in total. The van der Waals surface area contributed by atoms with Crippen molar-refractivity contribution in [2.45, 2.75) is 20.3 Å². The molecule has 0 saturated heterocycles. The number of ether oxygens (including phenoxy) is 1. The number of carbonyl (C=O) groups is 1. The van der Waals surface area contributed by atoms with Crippen LogP contribution in [0.2, 0.25) is 0 Å². The minimum absolute atomic E-state index is 0.213. The highest BCUT2D eigenvalue weighted by Crippen LogP contribution is 2.19. The van der Waals surface area contributed by atoms with Gasteiger partial charge in [0, 0.05) is 6.20 Å². The zero-order valence-corrected chi connectivity index (χ0v) is 11.7. The maximum atomic E-state index is 12.3. The van der Waals surface area contributed by atoms with Crippen molar-refractivity contribution >= 4 is 11.7 Å². The zero-order chi connectivity index (χ0) is 14.4. The molecule has 1 amide bonds. The average molecular weight is 270 g/mol. The molecule has 104 valence electrons. The van der Waals surface area contributed by atoms with E-state index in [4.69, 9.17) is 4.74 Å². The molecule has 0 aliphatic carbocycles. The van der Waals surface area contributed by atoms with E-state index in [-0.39, 0.29) is 5.91 Å². The number of carbonyl (C=O) groups excluding carboxylic acids is 1. The Morgan fingerprint density at radius 1 is 1.30 bits per heavy atom. The molecule has 1 aromatic carbocycles. The van der Waals surface area contributed by atoms with Crippen LogP contribution in [0.15, 0.2) is 42.6 Å². The molecule has 0 radical (unpaired) electrons. The van der Waals surface area contributed by atoms with Crippen LogP contribution in [-0.4, -0.2) is 17.5 Å². The van der Waals surface area contributed by atoms with Crippen LogP contribution in [0.5, 0.6) is 5.75 Å². The van der Waals surface area contributed by atoms with Crippen molar-refractivity contribution in [3.63, 3.8) is 0 Å². The van der Waals surface area contributed by atoms with E-state index in [1.54, 1.807) is 18.3 Å². The summed E-state index contributed by atoms with van der Waals surface area (Å²) in [6.45, 7) is 4.57. The van der Waals surface area contributed by atoms with Crippen LogP contribution < -0.4 is 10.1 Å². The number of hydrogen-bond acceptors (Lipinski definition) is 3. The van der Waals surface area contributed by atoms with Crippen LogP contribution in [0, 0.1) is 6.92 Å². The number of nitrogens with zero attached hydrogens (tertiary/aromatic N) is 1. The minimum Gasteiger partial charge on any atom is -0.493 e. The molecule has 2 aromatic rings. The molecule has 1 aromatic heterocycles. The lowest BCUT2D eigenvalue weighted by atomic mass is 10.2. The standard InChI is InChI=1S/C16H18N2O2/c1-3-10-20-14-7-5-4-6-13(14)16(19)18-15-11-12(2)8-9-17-15/h4-9,11H,3,10H2,1-2H3,(H,17,18,19). The molecule has 0 aliphatic rings. The molecule has 0 aliphatic heterocycles. The van der Waals surface area contributed by atoms with Gasteiger partial charge < -0.3 is 10.1 Å². The first kappa shape index (κ1) is 14.1. The lowest BCUT2D eigenvalue weighted by Crippen LogP contribution is -2.14. The van der Waals surface area contributed by atoms with Gasteiger partial charge >= 0.3 is 0 Å². The highest BCUT2D eigenvalue weighted by Gasteiger charge is 2.12. The van der Waals surface area contributed by atoms with Crippen molar-refractivity contribution in [3.8, 4) is 5.75 Å². The molecular formula is C16H18N2O2. The summed E-state index contributed by atoms with van der Waals surface area (Å²) in [6.07, 6.45) is 2.57. The van der Waals surface area contributed by atoms with E-state index >= 15 is 0 Å². The summed E-state index contributed by atoms with van der Waals surface area (Å²) in [7, 11) is 0. The fraction of sp³-hybridized carbons (Fsp3) is 0.250. The number of anilines is 1. The molecule has 0 saturated carbocycles. The van der Waals surface area contributed by atoms with Gasteiger partial charge in [-0.1, -0.05) is 19.1 Å². The van der Waals surface area contributed by atoms with Crippen molar-refractivity contribution in [1.29, 1.82) is 0 Å². The maximum absolute atomic E-state index is 12.3. The average Bonchev–Trinajstić information content (AvgIpc) is 2.45. The second-order valence-corrected chi connectivity index (χ2v) is 4.52. The van der Waals surface area contributed by atoms with Gasteiger partial charge in [0.25, 0.3) is 5.91 Å². The molecule has 1 heterocycles. The van der Waals surface area contributed by atoms with Gasteiger partial charge in [-0.05, 0) is 43.2 Å². The van der Waals surface area contributed by atoms with E-state index in [1.807, 2.05) is 38.1 Å². The van der Waals surface area contributed by atoms with Crippen LogP contribution in [-0.2, 0) is 0 Å². The Bertz CT molecular complexity index is 597. The Morgan fingerprint density at radius 2 is 2.10 bits per heavy atom. The van der Waals surface area contributed by atoms with Gasteiger partial charge in [-0.15, -0.1) is 0 Å². The summed E-state index contributed by atoms with van der Waals surface area (Å²) in [4.78, 5) is 16.4. The Labute approximate surface area is 118 Å². The number of pyridine rings is 1. The molecule has 0 fully saturated rings. The smallest absolute Gasteiger partial charge is 0.260 e. The summed E-state index contributed by atoms with van der Waals surface area (Å²) in [6, 6.07) is 10.9. The van der Waals surface area contributed by atoms with Crippen LogP contribution in [0.4, 0.5) is 5.82 Å². The topological polar surface area (TPSA) is 51.2 Å². The third-order valence-electron chi connectivity index (χ3n) is 2.75. The van der Waals surface area contributed by atoms with Crippen LogP contribution in [0.1, 0.15) is 29.3 Å². The first-order valence-electron chi connectivity index (χ1n) is 6.66. The van der Waals surface area contributed by atoms with Crippen LogP contribution >= 0.6 is 0 Å². The van der Waals surface area contributed by atoms with Crippen molar-refractivity contribution in [2.24, 2.45) is 0 Å². The summed E-state index contributed by atoms with van der Waals surface area (Å²) in [5, 5.41) is 2.79. The molecule has 0 spiro atoms. The summed E-state index contributed by atoms with van der Waals surface area (Å²) in [5.41, 5.74) is 1.56. The molecular weight excluding hydrogens is 252 g/mol. The van der Waals surface area contributed by atoms with Crippen LogP contribution in [0.25, 0.3) is 0 Å². The van der Waals surface area contributed by atoms with E-state index < -0.39 is 0 Å². The SMILES string of the molecule is CCCOc1ccccc1C(=O)Nc1cc(C)ccn1. The number of benzene rings is 1. The van der Waals surface area contributed by atoms with Gasteiger partial charge in [0.1, 0.15) is 11.6 Å². The van der Waals surface area contributed by atoms with Crippen molar-refractivity contribution in [3.05, 3.63) is 53.7 Å². The number of nitrogens with one attached hydrogen (secondary N) is 1. The number of aromatic nitrogens is 1. The Morgan fingerprint density at radius 3 is 2.85 bits per heavy atom. The van der Waals surface area contributed by atoms with Gasteiger partial charge in [-0.2, -0.15) is 0 Å². The number of para-hydroxylation sites is 1. The second-order valence-electron chi connectivity index (χ2n) is 4.52. The number of amides is 1. The lowest BCUT2D eigenvalue weighted by Gasteiger charge is -2.10. The highest BCUT2D eigenvalue weighted by molar-refractivity contribution is 6.05. The Balaban J connectivity index is 2.16. The predicted molar refractivity (Wildman–Crippen MR) is 79.2 cm³/mol. The van der Waals surface area contributed by atoms with Gasteiger partial charge in [0.2, 0.25) is 0 Å². The van der Waals surface area contributed by atoms with E-state index in [0.29, 0.717) is 23.7 Å². The molecule has 4 nitrogen and oxygen atoms in total. The molecule has 20 heavy (non-hydrogen) atoms.